The van der Waals surface area contributed by atoms with Gasteiger partial charge >= 0.3 is 0 Å². The van der Waals surface area contributed by atoms with Gasteiger partial charge in [-0.1, -0.05) is 26.0 Å². The van der Waals surface area contributed by atoms with Crippen LogP contribution in [-0.4, -0.2) is 60.7 Å². The molecule has 0 aliphatic rings. The van der Waals surface area contributed by atoms with Gasteiger partial charge in [0.2, 0.25) is 0 Å². The second-order valence-corrected chi connectivity index (χ2v) is 10.5. The highest BCUT2D eigenvalue weighted by Gasteiger charge is 2.24. The van der Waals surface area contributed by atoms with Gasteiger partial charge in [0.05, 0.1) is 19.3 Å². The molecule has 2 atom stereocenters. The maximum Gasteiger partial charge on any atom is 0.253 e. The summed E-state index contributed by atoms with van der Waals surface area (Å²) >= 11 is 0. The Labute approximate surface area is 246 Å². The highest BCUT2D eigenvalue weighted by Crippen LogP contribution is 2.17. The monoisotopic (exact) mass is 581 g/mol. The number of carbonyl (C=O) groups is 2. The smallest absolute Gasteiger partial charge is 0.253 e. The summed E-state index contributed by atoms with van der Waals surface area (Å²) in [5.41, 5.74) is 2.64. The van der Waals surface area contributed by atoms with E-state index in [1.54, 1.807) is 30.2 Å². The number of nitrogens with zero attached hydrogens (tertiary/aromatic N) is 1. The molecule has 0 saturated heterocycles. The average molecular weight is 582 g/mol. The van der Waals surface area contributed by atoms with Crippen molar-refractivity contribution in [3.8, 4) is 5.75 Å². The number of aryl methyl sites for hydroxylation is 1. The molecule has 7 nitrogen and oxygen atoms in total. The lowest BCUT2D eigenvalue weighted by Gasteiger charge is -2.25. The van der Waals surface area contributed by atoms with Gasteiger partial charge in [0.25, 0.3) is 11.8 Å². The highest BCUT2D eigenvalue weighted by molar-refractivity contribution is 6.00. The van der Waals surface area contributed by atoms with E-state index in [4.69, 9.17) is 4.74 Å². The molecule has 0 fully saturated rings. The number of carbonyl (C=O) groups excluding carboxylic acids is 2. The zero-order valence-corrected chi connectivity index (χ0v) is 24.8. The Morgan fingerprint density at radius 3 is 2.24 bits per heavy atom. The summed E-state index contributed by atoms with van der Waals surface area (Å²) in [6.45, 7) is 7.58. The van der Waals surface area contributed by atoms with Gasteiger partial charge in [-0.15, -0.1) is 0 Å². The molecule has 0 aliphatic carbocycles. The van der Waals surface area contributed by atoms with E-state index in [1.807, 2.05) is 45.0 Å². The van der Waals surface area contributed by atoms with Crippen LogP contribution in [0, 0.1) is 18.6 Å². The molecule has 0 radical (unpaired) electrons. The maximum absolute atomic E-state index is 14.0. The van der Waals surface area contributed by atoms with E-state index >= 15 is 0 Å². The van der Waals surface area contributed by atoms with E-state index in [0.717, 1.165) is 30.0 Å². The zero-order chi connectivity index (χ0) is 30.6. The van der Waals surface area contributed by atoms with Crippen molar-refractivity contribution < 1.29 is 28.2 Å². The lowest BCUT2D eigenvalue weighted by Crippen LogP contribution is -2.48. The van der Waals surface area contributed by atoms with Crippen LogP contribution < -0.4 is 15.4 Å². The van der Waals surface area contributed by atoms with Crippen molar-refractivity contribution in [1.82, 2.24) is 15.5 Å². The summed E-state index contributed by atoms with van der Waals surface area (Å²) in [5.74, 6) is -1.43. The number of nitrogens with one attached hydrogen (secondary N) is 2. The molecule has 3 aromatic rings. The molecular formula is C33H41F2N3O4. The van der Waals surface area contributed by atoms with Crippen molar-refractivity contribution in [2.45, 2.75) is 58.7 Å². The number of ether oxygens (including phenoxy) is 1. The molecule has 0 aromatic heterocycles. The summed E-state index contributed by atoms with van der Waals surface area (Å²) in [6.07, 6.45) is 0.524. The van der Waals surface area contributed by atoms with Gasteiger partial charge in [0.15, 0.2) is 0 Å². The first-order valence-electron chi connectivity index (χ1n) is 14.3. The van der Waals surface area contributed by atoms with Crippen LogP contribution in [0.2, 0.25) is 0 Å². The van der Waals surface area contributed by atoms with E-state index in [1.165, 1.54) is 12.1 Å². The number of aliphatic hydroxyl groups is 1. The lowest BCUT2D eigenvalue weighted by atomic mass is 9.99. The summed E-state index contributed by atoms with van der Waals surface area (Å²) in [7, 11) is 1.58. The molecule has 1 unspecified atom stereocenters. The number of halogens is 2. The fraction of sp³-hybridized carbons (Fsp3) is 0.394. The number of benzene rings is 3. The molecule has 3 aromatic carbocycles. The Morgan fingerprint density at radius 2 is 1.60 bits per heavy atom. The maximum atomic E-state index is 14.0. The van der Waals surface area contributed by atoms with E-state index in [2.05, 4.69) is 10.6 Å². The standard InChI is InChI=1S/C33H41F2N3O4/c1-5-10-38(11-6-2)33(41)26-13-22(3)12-25(18-26)32(40)37-30(17-24-14-27(34)19-28(35)15-24)31(39)21-36-20-23-8-7-9-29(16-23)42-4/h7-9,12-16,18-19,30-31,36,39H,5-6,10-11,17,20-21H2,1-4H3,(H,37,40)/t30-,31?/m0/s1. The molecule has 9 heteroatoms. The molecular weight excluding hydrogens is 540 g/mol. The highest BCUT2D eigenvalue weighted by atomic mass is 19.1. The number of methoxy groups -OCH3 is 1. The van der Waals surface area contributed by atoms with Gasteiger partial charge in [-0.25, -0.2) is 8.78 Å². The Kier molecular flexibility index (Phi) is 12.4. The third-order valence-electron chi connectivity index (χ3n) is 6.84. The third-order valence-corrected chi connectivity index (χ3v) is 6.84. The molecule has 0 bridgehead atoms. The van der Waals surface area contributed by atoms with Crippen LogP contribution in [0.15, 0.2) is 60.7 Å². The number of hydrogen-bond donors (Lipinski definition) is 3. The predicted molar refractivity (Wildman–Crippen MR) is 160 cm³/mol. The van der Waals surface area contributed by atoms with Crippen molar-refractivity contribution in [1.29, 1.82) is 0 Å². The van der Waals surface area contributed by atoms with Gasteiger partial charge in [0.1, 0.15) is 17.4 Å². The van der Waals surface area contributed by atoms with Crippen molar-refractivity contribution in [3.63, 3.8) is 0 Å². The first-order chi connectivity index (χ1) is 20.1. The Morgan fingerprint density at radius 1 is 0.929 bits per heavy atom. The second-order valence-electron chi connectivity index (χ2n) is 10.5. The van der Waals surface area contributed by atoms with Gasteiger partial charge in [0, 0.05) is 43.4 Å². The number of aliphatic hydroxyl groups excluding tert-OH is 1. The Bertz CT molecular complexity index is 1320. The van der Waals surface area contributed by atoms with Crippen LogP contribution in [0.25, 0.3) is 0 Å². The van der Waals surface area contributed by atoms with Crippen LogP contribution in [0.3, 0.4) is 0 Å². The summed E-state index contributed by atoms with van der Waals surface area (Å²) in [4.78, 5) is 28.5. The van der Waals surface area contributed by atoms with E-state index < -0.39 is 29.7 Å². The molecule has 0 spiro atoms. The minimum absolute atomic E-state index is 0.0131. The van der Waals surface area contributed by atoms with Crippen LogP contribution in [0.1, 0.15) is 64.1 Å². The van der Waals surface area contributed by atoms with Gasteiger partial charge < -0.3 is 25.4 Å². The topological polar surface area (TPSA) is 90.9 Å². The lowest BCUT2D eigenvalue weighted by molar-refractivity contribution is 0.0755. The molecule has 0 aliphatic heterocycles. The molecule has 0 saturated carbocycles. The van der Waals surface area contributed by atoms with Gasteiger partial charge in [-0.05, 0) is 85.3 Å². The molecule has 42 heavy (non-hydrogen) atoms. The van der Waals surface area contributed by atoms with Crippen LogP contribution >= 0.6 is 0 Å². The summed E-state index contributed by atoms with van der Waals surface area (Å²) in [5, 5.41) is 17.1. The van der Waals surface area contributed by atoms with Crippen LogP contribution in [0.4, 0.5) is 8.78 Å². The van der Waals surface area contributed by atoms with Crippen LogP contribution in [-0.2, 0) is 13.0 Å². The second kappa shape index (κ2) is 16.0. The predicted octanol–water partition coefficient (Wildman–Crippen LogP) is 5.04. The average Bonchev–Trinajstić information content (AvgIpc) is 2.95. The van der Waals surface area contributed by atoms with Gasteiger partial charge in [-0.3, -0.25) is 9.59 Å². The fourth-order valence-electron chi connectivity index (χ4n) is 4.88. The SMILES string of the molecule is CCCN(CCC)C(=O)c1cc(C)cc(C(=O)N[C@@H](Cc2cc(F)cc(F)c2)C(O)CNCc2cccc(OC)c2)c1. The minimum atomic E-state index is -1.10. The van der Waals surface area contributed by atoms with E-state index in [9.17, 15) is 23.5 Å². The van der Waals surface area contributed by atoms with Crippen molar-refractivity contribution in [2.24, 2.45) is 0 Å². The van der Waals surface area contributed by atoms with E-state index in [0.29, 0.717) is 36.5 Å². The summed E-state index contributed by atoms with van der Waals surface area (Å²) < 4.78 is 33.2. The van der Waals surface area contributed by atoms with Crippen molar-refractivity contribution in [2.75, 3.05) is 26.7 Å². The van der Waals surface area contributed by atoms with E-state index in [-0.39, 0.29) is 24.4 Å². The largest absolute Gasteiger partial charge is 0.497 e. The van der Waals surface area contributed by atoms with Crippen LogP contribution in [0.5, 0.6) is 5.75 Å². The zero-order valence-electron chi connectivity index (χ0n) is 24.8. The molecule has 0 heterocycles. The number of amides is 2. The Balaban J connectivity index is 1.80. The molecule has 226 valence electrons. The normalized spacial score (nSPS) is 12.5. The van der Waals surface area contributed by atoms with Gasteiger partial charge in [-0.2, -0.15) is 0 Å². The first-order valence-corrected chi connectivity index (χ1v) is 14.3. The third kappa shape index (κ3) is 9.63. The molecule has 2 amide bonds. The Hall–Kier alpha value is -3.82. The molecule has 3 rings (SSSR count). The number of rotatable bonds is 15. The minimum Gasteiger partial charge on any atom is -0.497 e. The van der Waals surface area contributed by atoms with Crippen molar-refractivity contribution in [3.05, 3.63) is 100 Å². The summed E-state index contributed by atoms with van der Waals surface area (Å²) in [6, 6.07) is 14.7. The molecule has 3 N–H and O–H groups in total. The quantitative estimate of drug-likeness (QED) is 0.234. The fourth-order valence-corrected chi connectivity index (χ4v) is 4.88. The number of hydrogen-bond acceptors (Lipinski definition) is 5. The first kappa shape index (κ1) is 32.7. The van der Waals surface area contributed by atoms with Crippen molar-refractivity contribution >= 4 is 11.8 Å².